The number of carbonyl (C=O) groups is 1. The number of nitrogens with zero attached hydrogens (tertiary/aromatic N) is 1. The normalized spacial score (nSPS) is 35.8. The number of hydrogen-bond acceptors (Lipinski definition) is 1. The fourth-order valence-electron chi connectivity index (χ4n) is 6.09. The van der Waals surface area contributed by atoms with Gasteiger partial charge in [0.05, 0.1) is 0 Å². The van der Waals surface area contributed by atoms with Crippen molar-refractivity contribution < 1.29 is 4.79 Å². The van der Waals surface area contributed by atoms with E-state index in [-0.39, 0.29) is 0 Å². The van der Waals surface area contributed by atoms with E-state index in [2.05, 4.69) is 18.7 Å². The fraction of sp³-hybridized carbons (Fsp3) is 0.950. The third-order valence-electron chi connectivity index (χ3n) is 6.67. The minimum atomic E-state index is 0.411. The van der Waals surface area contributed by atoms with Crippen LogP contribution in [0.4, 0.5) is 0 Å². The molecule has 4 rings (SSSR count). The van der Waals surface area contributed by atoms with E-state index in [9.17, 15) is 4.79 Å². The quantitative estimate of drug-likeness (QED) is 0.616. The van der Waals surface area contributed by atoms with Gasteiger partial charge in [0.15, 0.2) is 0 Å². The van der Waals surface area contributed by atoms with Crippen molar-refractivity contribution in [1.82, 2.24) is 4.90 Å². The average molecular weight is 306 g/mol. The molecule has 4 fully saturated rings. The Morgan fingerprint density at radius 2 is 1.55 bits per heavy atom. The van der Waals surface area contributed by atoms with Crippen LogP contribution < -0.4 is 0 Å². The smallest absolute Gasteiger partial charge is 0.222 e. The van der Waals surface area contributed by atoms with Crippen LogP contribution >= 0.6 is 0 Å². The van der Waals surface area contributed by atoms with Gasteiger partial charge in [0, 0.05) is 19.5 Å². The standard InChI is InChI=1S/C20H35NO/c1-3-5-6-19(22)21(8-4-2)9-7-20-13-16-10-17(14-20)12-18(11-16)15-20/h16-18H,3-15H2,1-2H3. The van der Waals surface area contributed by atoms with Crippen molar-refractivity contribution in [2.24, 2.45) is 23.2 Å². The zero-order chi connectivity index (χ0) is 15.6. The molecule has 0 spiro atoms. The van der Waals surface area contributed by atoms with Crippen molar-refractivity contribution in [3.63, 3.8) is 0 Å². The molecule has 0 radical (unpaired) electrons. The molecule has 4 aliphatic rings. The van der Waals surface area contributed by atoms with Crippen LogP contribution in [0.1, 0.15) is 84.5 Å². The molecule has 2 heteroatoms. The van der Waals surface area contributed by atoms with E-state index in [4.69, 9.17) is 0 Å². The molecule has 0 heterocycles. The predicted octanol–water partition coefficient (Wildman–Crippen LogP) is 5.02. The minimum absolute atomic E-state index is 0.411. The highest BCUT2D eigenvalue weighted by Crippen LogP contribution is 2.61. The van der Waals surface area contributed by atoms with Gasteiger partial charge >= 0.3 is 0 Å². The number of amides is 1. The van der Waals surface area contributed by atoms with Crippen molar-refractivity contribution in [2.75, 3.05) is 13.1 Å². The molecule has 0 aliphatic heterocycles. The van der Waals surface area contributed by atoms with E-state index in [0.29, 0.717) is 11.3 Å². The van der Waals surface area contributed by atoms with Gasteiger partial charge in [-0.15, -0.1) is 0 Å². The molecule has 0 saturated heterocycles. The van der Waals surface area contributed by atoms with E-state index in [1.807, 2.05) is 0 Å². The zero-order valence-corrected chi connectivity index (χ0v) is 14.8. The Bertz CT molecular complexity index is 354. The Labute approximate surface area is 137 Å². The van der Waals surface area contributed by atoms with Gasteiger partial charge in [-0.1, -0.05) is 20.3 Å². The molecular formula is C20H35NO. The maximum absolute atomic E-state index is 12.4. The summed E-state index contributed by atoms with van der Waals surface area (Å²) in [6, 6.07) is 0. The van der Waals surface area contributed by atoms with E-state index in [1.165, 1.54) is 44.9 Å². The van der Waals surface area contributed by atoms with Gasteiger partial charge in [-0.2, -0.15) is 0 Å². The van der Waals surface area contributed by atoms with Gasteiger partial charge in [-0.3, -0.25) is 4.79 Å². The average Bonchev–Trinajstić information content (AvgIpc) is 2.47. The van der Waals surface area contributed by atoms with Crippen LogP contribution in [-0.2, 0) is 4.79 Å². The highest BCUT2D eigenvalue weighted by Gasteiger charge is 2.50. The third-order valence-corrected chi connectivity index (χ3v) is 6.67. The topological polar surface area (TPSA) is 20.3 Å². The van der Waals surface area contributed by atoms with E-state index in [0.717, 1.165) is 56.5 Å². The molecule has 1 amide bonds. The second-order valence-electron chi connectivity index (χ2n) is 8.65. The van der Waals surface area contributed by atoms with Crippen molar-refractivity contribution in [3.05, 3.63) is 0 Å². The zero-order valence-electron chi connectivity index (χ0n) is 14.8. The number of hydrogen-bond donors (Lipinski definition) is 0. The van der Waals surface area contributed by atoms with Crippen molar-refractivity contribution in [1.29, 1.82) is 0 Å². The number of rotatable bonds is 8. The Hall–Kier alpha value is -0.530. The van der Waals surface area contributed by atoms with E-state index in [1.54, 1.807) is 0 Å². The number of carbonyl (C=O) groups excluding carboxylic acids is 1. The first kappa shape index (κ1) is 16.3. The van der Waals surface area contributed by atoms with Crippen LogP contribution in [0.2, 0.25) is 0 Å². The third kappa shape index (κ3) is 3.51. The lowest BCUT2D eigenvalue weighted by Crippen LogP contribution is -2.47. The van der Waals surface area contributed by atoms with Crippen LogP contribution in [0.3, 0.4) is 0 Å². The maximum Gasteiger partial charge on any atom is 0.222 e. The van der Waals surface area contributed by atoms with Crippen LogP contribution in [0.5, 0.6) is 0 Å². The maximum atomic E-state index is 12.4. The summed E-state index contributed by atoms with van der Waals surface area (Å²) >= 11 is 0. The lowest BCUT2D eigenvalue weighted by Gasteiger charge is -2.57. The van der Waals surface area contributed by atoms with Crippen LogP contribution in [0.25, 0.3) is 0 Å². The SMILES string of the molecule is CCCCC(=O)N(CCC)CCC12CC3CC(CC(C3)C1)C2. The molecule has 2 nitrogen and oxygen atoms in total. The van der Waals surface area contributed by atoms with E-state index < -0.39 is 0 Å². The van der Waals surface area contributed by atoms with Gasteiger partial charge in [-0.25, -0.2) is 0 Å². The first-order chi connectivity index (χ1) is 10.6. The summed E-state index contributed by atoms with van der Waals surface area (Å²) in [4.78, 5) is 14.6. The summed E-state index contributed by atoms with van der Waals surface area (Å²) in [7, 11) is 0. The molecule has 4 bridgehead atoms. The summed E-state index contributed by atoms with van der Waals surface area (Å²) in [5, 5.41) is 0. The lowest BCUT2D eigenvalue weighted by molar-refractivity contribution is -0.132. The largest absolute Gasteiger partial charge is 0.343 e. The first-order valence-electron chi connectivity index (χ1n) is 9.92. The molecule has 4 aliphatic carbocycles. The van der Waals surface area contributed by atoms with Gasteiger partial charge in [-0.05, 0) is 81.0 Å². The first-order valence-corrected chi connectivity index (χ1v) is 9.92. The number of unbranched alkanes of at least 4 members (excludes halogenated alkanes) is 1. The predicted molar refractivity (Wildman–Crippen MR) is 91.6 cm³/mol. The molecule has 126 valence electrons. The molecule has 0 aromatic rings. The van der Waals surface area contributed by atoms with Crippen molar-refractivity contribution in [2.45, 2.75) is 84.5 Å². The van der Waals surface area contributed by atoms with Crippen LogP contribution in [0, 0.1) is 23.2 Å². The molecule has 4 saturated carbocycles. The van der Waals surface area contributed by atoms with E-state index >= 15 is 0 Å². The van der Waals surface area contributed by atoms with Gasteiger partial charge in [0.25, 0.3) is 0 Å². The highest BCUT2D eigenvalue weighted by molar-refractivity contribution is 5.76. The summed E-state index contributed by atoms with van der Waals surface area (Å²) in [6.07, 6.45) is 14.3. The fourth-order valence-corrected chi connectivity index (χ4v) is 6.09. The molecular weight excluding hydrogens is 270 g/mol. The Morgan fingerprint density at radius 1 is 0.955 bits per heavy atom. The molecule has 0 N–H and O–H groups in total. The van der Waals surface area contributed by atoms with Gasteiger partial charge in [0.1, 0.15) is 0 Å². The summed E-state index contributed by atoms with van der Waals surface area (Å²) in [6.45, 7) is 6.37. The highest BCUT2D eigenvalue weighted by atomic mass is 16.2. The summed E-state index contributed by atoms with van der Waals surface area (Å²) < 4.78 is 0. The second kappa shape index (κ2) is 6.93. The summed E-state index contributed by atoms with van der Waals surface area (Å²) in [5.74, 6) is 3.50. The molecule has 0 unspecified atom stereocenters. The molecule has 0 atom stereocenters. The van der Waals surface area contributed by atoms with Crippen molar-refractivity contribution >= 4 is 5.91 Å². The Balaban J connectivity index is 1.56. The lowest BCUT2D eigenvalue weighted by atomic mass is 9.49. The monoisotopic (exact) mass is 305 g/mol. The summed E-state index contributed by atoms with van der Waals surface area (Å²) in [5.41, 5.74) is 0.617. The second-order valence-corrected chi connectivity index (χ2v) is 8.65. The Kier molecular flexibility index (Phi) is 5.14. The van der Waals surface area contributed by atoms with Crippen LogP contribution in [0.15, 0.2) is 0 Å². The molecule has 0 aromatic carbocycles. The Morgan fingerprint density at radius 3 is 2.05 bits per heavy atom. The molecule has 0 aromatic heterocycles. The van der Waals surface area contributed by atoms with Gasteiger partial charge in [0.2, 0.25) is 5.91 Å². The minimum Gasteiger partial charge on any atom is -0.343 e. The van der Waals surface area contributed by atoms with Gasteiger partial charge < -0.3 is 4.90 Å². The van der Waals surface area contributed by atoms with Crippen LogP contribution in [-0.4, -0.2) is 23.9 Å². The molecule has 22 heavy (non-hydrogen) atoms. The van der Waals surface area contributed by atoms with Crippen molar-refractivity contribution in [3.8, 4) is 0 Å².